The zero-order valence-corrected chi connectivity index (χ0v) is 15.3. The van der Waals surface area contributed by atoms with Gasteiger partial charge in [0.1, 0.15) is 12.8 Å². The van der Waals surface area contributed by atoms with Crippen LogP contribution in [0.5, 0.6) is 0 Å². The van der Waals surface area contributed by atoms with E-state index in [1.54, 1.807) is 0 Å². The van der Waals surface area contributed by atoms with E-state index in [0.29, 0.717) is 11.2 Å². The highest BCUT2D eigenvalue weighted by Crippen LogP contribution is 2.28. The molecule has 1 N–H and O–H groups in total. The normalized spacial score (nSPS) is 27.1. The summed E-state index contributed by atoms with van der Waals surface area (Å²) < 4.78 is 5.85. The number of carbonyl (C=O) groups excluding carboxylic acids is 1. The first-order valence-corrected chi connectivity index (χ1v) is 10.1. The summed E-state index contributed by atoms with van der Waals surface area (Å²) in [5.74, 6) is 1.97. The number of ether oxygens (including phenoxy) is 1. The number of para-hydroxylation sites is 1. The van der Waals surface area contributed by atoms with E-state index in [1.165, 1.54) is 18.6 Å². The van der Waals surface area contributed by atoms with Gasteiger partial charge in [-0.25, -0.2) is 0 Å². The summed E-state index contributed by atoms with van der Waals surface area (Å²) in [6.45, 7) is 4.15. The molecule has 132 valence electrons. The van der Waals surface area contributed by atoms with Crippen molar-refractivity contribution in [3.05, 3.63) is 30.3 Å². The molecule has 0 saturated carbocycles. The minimum absolute atomic E-state index is 0.0172. The van der Waals surface area contributed by atoms with Crippen LogP contribution in [0.1, 0.15) is 32.6 Å². The van der Waals surface area contributed by atoms with Gasteiger partial charge in [0.25, 0.3) is 5.91 Å². The summed E-state index contributed by atoms with van der Waals surface area (Å²) in [7, 11) is 0. The fraction of sp³-hybridized carbons (Fsp3) is 0.632. The van der Waals surface area contributed by atoms with Gasteiger partial charge in [0.05, 0.1) is 0 Å². The van der Waals surface area contributed by atoms with E-state index >= 15 is 0 Å². The number of rotatable bonds is 6. The number of amides is 1. The predicted molar refractivity (Wildman–Crippen MR) is 100 cm³/mol. The van der Waals surface area contributed by atoms with Crippen molar-refractivity contribution in [2.24, 2.45) is 5.92 Å². The molecule has 2 fully saturated rings. The number of carbonyl (C=O) groups is 1. The summed E-state index contributed by atoms with van der Waals surface area (Å²) in [6.07, 6.45) is 4.62. The van der Waals surface area contributed by atoms with Crippen LogP contribution in [0.3, 0.4) is 0 Å². The van der Waals surface area contributed by atoms with Crippen molar-refractivity contribution in [3.63, 3.8) is 0 Å². The summed E-state index contributed by atoms with van der Waals surface area (Å²) in [5.41, 5.74) is 0.976. The van der Waals surface area contributed by atoms with Crippen molar-refractivity contribution >= 4 is 23.4 Å². The van der Waals surface area contributed by atoms with Gasteiger partial charge in [0.2, 0.25) is 0 Å². The topological polar surface area (TPSA) is 41.6 Å². The van der Waals surface area contributed by atoms with Gasteiger partial charge in [0.15, 0.2) is 0 Å². The Kier molecular flexibility index (Phi) is 6.58. The molecule has 2 aliphatic rings. The monoisotopic (exact) mass is 348 g/mol. The van der Waals surface area contributed by atoms with E-state index in [9.17, 15) is 4.79 Å². The standard InChI is InChI=1S/C19H28N2O2S/c1-15-9-10-18(20-12-15)23-14-19(22)21(13-17-8-5-11-24-17)16-6-3-2-4-7-16/h2-4,6-7,15,17-18,20H,5,8-14H2,1H3. The first-order chi connectivity index (χ1) is 11.7. The molecular formula is C19H28N2O2S. The molecule has 1 aromatic carbocycles. The molecule has 0 radical (unpaired) electrons. The van der Waals surface area contributed by atoms with Crippen LogP contribution >= 0.6 is 11.8 Å². The number of nitrogens with zero attached hydrogens (tertiary/aromatic N) is 1. The third-order valence-electron chi connectivity index (χ3n) is 4.80. The lowest BCUT2D eigenvalue weighted by Gasteiger charge is -2.29. The van der Waals surface area contributed by atoms with Gasteiger partial charge in [-0.3, -0.25) is 10.1 Å². The molecule has 0 aromatic heterocycles. The molecule has 0 spiro atoms. The number of anilines is 1. The zero-order chi connectivity index (χ0) is 16.8. The zero-order valence-electron chi connectivity index (χ0n) is 14.4. The maximum Gasteiger partial charge on any atom is 0.253 e. The minimum Gasteiger partial charge on any atom is -0.354 e. The minimum atomic E-state index is 0.0172. The van der Waals surface area contributed by atoms with Gasteiger partial charge >= 0.3 is 0 Å². The van der Waals surface area contributed by atoms with Gasteiger partial charge in [-0.1, -0.05) is 25.1 Å². The maximum atomic E-state index is 12.8. The summed E-state index contributed by atoms with van der Waals surface area (Å²) >= 11 is 1.98. The van der Waals surface area contributed by atoms with Crippen molar-refractivity contribution in [3.8, 4) is 0 Å². The van der Waals surface area contributed by atoms with Gasteiger partial charge in [-0.15, -0.1) is 0 Å². The van der Waals surface area contributed by atoms with Crippen molar-refractivity contribution in [2.45, 2.75) is 44.1 Å². The Labute approximate surface area is 149 Å². The van der Waals surface area contributed by atoms with E-state index in [2.05, 4.69) is 12.2 Å². The largest absolute Gasteiger partial charge is 0.354 e. The molecule has 2 aliphatic heterocycles. The second kappa shape index (κ2) is 8.88. The molecule has 5 heteroatoms. The molecule has 0 bridgehead atoms. The highest BCUT2D eigenvalue weighted by Gasteiger charge is 2.25. The van der Waals surface area contributed by atoms with Crippen LogP contribution in [0.15, 0.2) is 30.3 Å². The average Bonchev–Trinajstić information content (AvgIpc) is 3.13. The summed E-state index contributed by atoms with van der Waals surface area (Å²) in [5, 5.41) is 3.92. The molecule has 1 aromatic rings. The average molecular weight is 349 g/mol. The maximum absolute atomic E-state index is 12.8. The Balaban J connectivity index is 1.58. The van der Waals surface area contributed by atoms with Crippen LogP contribution in [0, 0.1) is 5.92 Å². The van der Waals surface area contributed by atoms with Crippen LogP contribution in [0.25, 0.3) is 0 Å². The number of benzene rings is 1. The molecule has 24 heavy (non-hydrogen) atoms. The third kappa shape index (κ3) is 4.98. The lowest BCUT2D eigenvalue weighted by atomic mass is 10.0. The fourth-order valence-electron chi connectivity index (χ4n) is 3.32. The SMILES string of the molecule is CC1CCC(OCC(=O)N(CC2CCCS2)c2ccccc2)NC1. The first-order valence-electron chi connectivity index (χ1n) is 9.04. The highest BCUT2D eigenvalue weighted by atomic mass is 32.2. The highest BCUT2D eigenvalue weighted by molar-refractivity contribution is 8.00. The number of nitrogens with one attached hydrogen (secondary N) is 1. The Morgan fingerprint density at radius 1 is 1.29 bits per heavy atom. The molecule has 3 rings (SSSR count). The molecule has 3 unspecified atom stereocenters. The van der Waals surface area contributed by atoms with Crippen molar-refractivity contribution in [1.82, 2.24) is 5.32 Å². The van der Waals surface area contributed by atoms with E-state index in [4.69, 9.17) is 4.74 Å². The predicted octanol–water partition coefficient (Wildman–Crippen LogP) is 3.28. The molecule has 4 nitrogen and oxygen atoms in total. The van der Waals surface area contributed by atoms with Crippen molar-refractivity contribution in [1.29, 1.82) is 0 Å². The molecular weight excluding hydrogens is 320 g/mol. The Hall–Kier alpha value is -1.04. The smallest absolute Gasteiger partial charge is 0.253 e. The van der Waals surface area contributed by atoms with Gasteiger partial charge in [0, 0.05) is 24.0 Å². The molecule has 0 aliphatic carbocycles. The molecule has 3 atom stereocenters. The lowest BCUT2D eigenvalue weighted by Crippen LogP contribution is -2.44. The summed E-state index contributed by atoms with van der Waals surface area (Å²) in [4.78, 5) is 14.7. The quantitative estimate of drug-likeness (QED) is 0.857. The van der Waals surface area contributed by atoms with Crippen LogP contribution < -0.4 is 10.2 Å². The van der Waals surface area contributed by atoms with Gasteiger partial charge in [-0.2, -0.15) is 11.8 Å². The van der Waals surface area contributed by atoms with E-state index in [0.717, 1.165) is 31.6 Å². The second-order valence-electron chi connectivity index (χ2n) is 6.87. The van der Waals surface area contributed by atoms with Crippen LogP contribution in [-0.4, -0.2) is 42.8 Å². The number of hydrogen-bond acceptors (Lipinski definition) is 4. The Morgan fingerprint density at radius 3 is 2.79 bits per heavy atom. The number of piperidine rings is 1. The van der Waals surface area contributed by atoms with E-state index < -0.39 is 0 Å². The molecule has 2 heterocycles. The lowest BCUT2D eigenvalue weighted by molar-refractivity contribution is -0.126. The second-order valence-corrected chi connectivity index (χ2v) is 8.27. The van der Waals surface area contributed by atoms with Crippen LogP contribution in [0.2, 0.25) is 0 Å². The van der Waals surface area contributed by atoms with E-state index in [1.807, 2.05) is 47.0 Å². The van der Waals surface area contributed by atoms with Gasteiger partial charge in [-0.05, 0) is 49.5 Å². The third-order valence-corrected chi connectivity index (χ3v) is 6.18. The van der Waals surface area contributed by atoms with Crippen LogP contribution in [-0.2, 0) is 9.53 Å². The first kappa shape index (κ1) is 17.8. The number of thioether (sulfide) groups is 1. The Morgan fingerprint density at radius 2 is 2.12 bits per heavy atom. The van der Waals surface area contributed by atoms with Crippen molar-refractivity contribution < 1.29 is 9.53 Å². The van der Waals surface area contributed by atoms with Crippen molar-refractivity contribution in [2.75, 3.05) is 30.3 Å². The Bertz CT molecular complexity index is 511. The fourth-order valence-corrected chi connectivity index (χ4v) is 4.57. The molecule has 2 saturated heterocycles. The molecule has 1 amide bonds. The van der Waals surface area contributed by atoms with E-state index in [-0.39, 0.29) is 18.7 Å². The summed E-state index contributed by atoms with van der Waals surface area (Å²) in [6, 6.07) is 9.99. The van der Waals surface area contributed by atoms with Crippen LogP contribution in [0.4, 0.5) is 5.69 Å². The van der Waals surface area contributed by atoms with Gasteiger partial charge < -0.3 is 9.64 Å². The number of hydrogen-bond donors (Lipinski definition) is 1.